The Balaban J connectivity index is 1.24. The van der Waals surface area contributed by atoms with Gasteiger partial charge in [0.1, 0.15) is 6.33 Å². The van der Waals surface area contributed by atoms with Crippen LogP contribution >= 0.6 is 0 Å². The predicted octanol–water partition coefficient (Wildman–Crippen LogP) is 4.61. The van der Waals surface area contributed by atoms with Crippen molar-refractivity contribution >= 4 is 11.6 Å². The molecule has 1 N–H and O–H groups in total. The van der Waals surface area contributed by atoms with E-state index in [-0.39, 0.29) is 17.5 Å². The number of hydrogen-bond donors (Lipinski definition) is 1. The number of aromatic nitrogens is 3. The molecule has 1 atom stereocenters. The third kappa shape index (κ3) is 5.72. The molecule has 196 valence electrons. The van der Waals surface area contributed by atoms with Gasteiger partial charge in [0.05, 0.1) is 18.2 Å². The largest absolute Gasteiger partial charge is 0.372 e. The van der Waals surface area contributed by atoms with E-state index in [2.05, 4.69) is 46.5 Å². The highest BCUT2D eigenvalue weighted by atomic mass is 16.2. The zero-order chi connectivity index (χ0) is 26.3. The Bertz CT molecular complexity index is 1370. The van der Waals surface area contributed by atoms with Crippen LogP contribution in [0.25, 0.3) is 5.69 Å². The second-order valence-electron chi connectivity index (χ2n) is 9.95. The van der Waals surface area contributed by atoms with Crippen LogP contribution < -0.4 is 15.9 Å². The van der Waals surface area contributed by atoms with Crippen LogP contribution in [0.1, 0.15) is 43.2 Å². The monoisotopic (exact) mass is 509 g/mol. The Morgan fingerprint density at radius 3 is 2.21 bits per heavy atom. The van der Waals surface area contributed by atoms with Crippen molar-refractivity contribution in [3.05, 3.63) is 113 Å². The van der Waals surface area contributed by atoms with Gasteiger partial charge in [-0.3, -0.25) is 4.79 Å². The molecule has 1 saturated heterocycles. The quantitative estimate of drug-likeness (QED) is 0.358. The van der Waals surface area contributed by atoms with Gasteiger partial charge in [0.2, 0.25) is 5.91 Å². The van der Waals surface area contributed by atoms with Crippen molar-refractivity contribution in [3.8, 4) is 5.69 Å². The molecule has 7 nitrogen and oxygen atoms in total. The molecule has 0 saturated carbocycles. The lowest BCUT2D eigenvalue weighted by atomic mass is 9.79. The van der Waals surface area contributed by atoms with E-state index in [0.29, 0.717) is 19.0 Å². The second kappa shape index (κ2) is 11.9. The van der Waals surface area contributed by atoms with E-state index in [1.807, 2.05) is 60.7 Å². The molecule has 2 heterocycles. The summed E-state index contributed by atoms with van der Waals surface area (Å²) in [5.74, 6) is 0.324. The Kier molecular flexibility index (Phi) is 8.02. The molecule has 3 aromatic carbocycles. The number of piperidine rings is 1. The number of carbonyl (C=O) groups excluding carboxylic acids is 1. The van der Waals surface area contributed by atoms with Gasteiger partial charge >= 0.3 is 5.69 Å². The Hall–Kier alpha value is -4.13. The van der Waals surface area contributed by atoms with Gasteiger partial charge in [0, 0.05) is 25.3 Å². The van der Waals surface area contributed by atoms with Crippen molar-refractivity contribution in [3.63, 3.8) is 0 Å². The maximum absolute atomic E-state index is 13.1. The highest BCUT2D eigenvalue weighted by molar-refractivity contribution is 5.84. The summed E-state index contributed by atoms with van der Waals surface area (Å²) in [5, 5.41) is 7.43. The zero-order valence-corrected chi connectivity index (χ0v) is 21.9. The van der Waals surface area contributed by atoms with E-state index in [1.54, 1.807) is 10.9 Å². The number of nitrogens with zero attached hydrogens (tertiary/aromatic N) is 4. The molecule has 1 fully saturated rings. The molecule has 4 aromatic rings. The van der Waals surface area contributed by atoms with E-state index in [9.17, 15) is 9.59 Å². The summed E-state index contributed by atoms with van der Waals surface area (Å²) in [6.45, 7) is 5.02. The van der Waals surface area contributed by atoms with Crippen LogP contribution in [0.4, 0.5) is 5.69 Å². The average Bonchev–Trinajstić information content (AvgIpc) is 3.33. The van der Waals surface area contributed by atoms with Crippen LogP contribution in [0.5, 0.6) is 0 Å². The summed E-state index contributed by atoms with van der Waals surface area (Å²) in [6, 6.07) is 28.1. The minimum absolute atomic E-state index is 0.119. The Morgan fingerprint density at radius 2 is 1.55 bits per heavy atom. The van der Waals surface area contributed by atoms with Gasteiger partial charge in [-0.25, -0.2) is 14.0 Å². The SMILES string of the molecule is CCCNC(=O)C(c1ccccc1)C1CCN(c2ccc(-n3cnn(Cc4ccccc4)c3=O)cc2)CC1. The maximum atomic E-state index is 13.1. The van der Waals surface area contributed by atoms with Gasteiger partial charge in [-0.2, -0.15) is 5.10 Å². The first-order valence-corrected chi connectivity index (χ1v) is 13.5. The van der Waals surface area contributed by atoms with Gasteiger partial charge in [0.25, 0.3) is 0 Å². The van der Waals surface area contributed by atoms with Gasteiger partial charge < -0.3 is 10.2 Å². The molecular formula is C31H35N5O2. The zero-order valence-electron chi connectivity index (χ0n) is 21.9. The summed E-state index contributed by atoms with van der Waals surface area (Å²) in [5.41, 5.74) is 3.90. The van der Waals surface area contributed by atoms with Crippen LogP contribution in [-0.4, -0.2) is 39.9 Å². The van der Waals surface area contributed by atoms with Crippen LogP contribution in [-0.2, 0) is 11.3 Å². The van der Waals surface area contributed by atoms with E-state index < -0.39 is 0 Å². The number of nitrogens with one attached hydrogen (secondary N) is 1. The van der Waals surface area contributed by atoms with Crippen molar-refractivity contribution in [1.29, 1.82) is 0 Å². The minimum Gasteiger partial charge on any atom is -0.372 e. The molecule has 1 unspecified atom stereocenters. The third-order valence-corrected chi connectivity index (χ3v) is 7.40. The smallest absolute Gasteiger partial charge is 0.350 e. The van der Waals surface area contributed by atoms with Crippen molar-refractivity contribution in [2.24, 2.45) is 5.92 Å². The fourth-order valence-corrected chi connectivity index (χ4v) is 5.35. The standard InChI is InChI=1S/C31H35N5O2/c1-2-19-32-30(37)29(25-11-7-4-8-12-25)26-17-20-34(21-18-26)27-13-15-28(16-14-27)35-23-33-36(31(35)38)22-24-9-5-3-6-10-24/h3-16,23,26,29H,2,17-22H2,1H3,(H,32,37). The number of hydrogen-bond acceptors (Lipinski definition) is 4. The predicted molar refractivity (Wildman–Crippen MR) is 151 cm³/mol. The lowest BCUT2D eigenvalue weighted by molar-refractivity contribution is -0.124. The van der Waals surface area contributed by atoms with Crippen molar-refractivity contribution in [1.82, 2.24) is 19.7 Å². The second-order valence-corrected chi connectivity index (χ2v) is 9.95. The molecule has 0 aliphatic carbocycles. The van der Waals surface area contributed by atoms with Crippen molar-refractivity contribution in [2.75, 3.05) is 24.5 Å². The van der Waals surface area contributed by atoms with Gasteiger partial charge in [-0.05, 0) is 60.6 Å². The lowest BCUT2D eigenvalue weighted by Gasteiger charge is -2.37. The number of anilines is 1. The number of rotatable bonds is 9. The fourth-order valence-electron chi connectivity index (χ4n) is 5.35. The molecule has 1 aliphatic heterocycles. The van der Waals surface area contributed by atoms with Crippen LogP contribution in [0.2, 0.25) is 0 Å². The molecule has 1 amide bonds. The maximum Gasteiger partial charge on any atom is 0.350 e. The van der Waals surface area contributed by atoms with Crippen molar-refractivity contribution < 1.29 is 4.79 Å². The highest BCUT2D eigenvalue weighted by Gasteiger charge is 2.32. The molecule has 0 spiro atoms. The first kappa shape index (κ1) is 25.5. The number of carbonyl (C=O) groups is 1. The summed E-state index contributed by atoms with van der Waals surface area (Å²) < 4.78 is 3.06. The van der Waals surface area contributed by atoms with E-state index in [1.165, 1.54) is 4.68 Å². The molecule has 1 aromatic heterocycles. The summed E-state index contributed by atoms with van der Waals surface area (Å²) in [4.78, 5) is 28.4. The summed E-state index contributed by atoms with van der Waals surface area (Å²) in [7, 11) is 0. The average molecular weight is 510 g/mol. The van der Waals surface area contributed by atoms with Crippen LogP contribution in [0.3, 0.4) is 0 Å². The van der Waals surface area contributed by atoms with Crippen LogP contribution in [0, 0.1) is 5.92 Å². The molecule has 0 radical (unpaired) electrons. The summed E-state index contributed by atoms with van der Waals surface area (Å²) in [6.07, 6.45) is 4.42. The van der Waals surface area contributed by atoms with Gasteiger partial charge in [0.15, 0.2) is 0 Å². The van der Waals surface area contributed by atoms with E-state index in [4.69, 9.17) is 0 Å². The number of amides is 1. The lowest BCUT2D eigenvalue weighted by Crippen LogP contribution is -2.40. The van der Waals surface area contributed by atoms with Crippen LogP contribution in [0.15, 0.2) is 96.1 Å². The minimum atomic E-state index is -0.157. The first-order valence-electron chi connectivity index (χ1n) is 13.5. The van der Waals surface area contributed by atoms with E-state index >= 15 is 0 Å². The topological polar surface area (TPSA) is 72.2 Å². The Labute approximate surface area is 223 Å². The van der Waals surface area contributed by atoms with Crippen molar-refractivity contribution in [2.45, 2.75) is 38.6 Å². The fraction of sp³-hybridized carbons (Fsp3) is 0.323. The normalized spacial score (nSPS) is 14.8. The Morgan fingerprint density at radius 1 is 0.921 bits per heavy atom. The van der Waals surface area contributed by atoms with E-state index in [0.717, 1.165) is 54.9 Å². The molecule has 0 bridgehead atoms. The van der Waals surface area contributed by atoms with Gasteiger partial charge in [-0.15, -0.1) is 0 Å². The molecule has 7 heteroatoms. The van der Waals surface area contributed by atoms with Gasteiger partial charge in [-0.1, -0.05) is 67.6 Å². The number of benzene rings is 3. The molecule has 38 heavy (non-hydrogen) atoms. The molecular weight excluding hydrogens is 474 g/mol. The molecule has 1 aliphatic rings. The highest BCUT2D eigenvalue weighted by Crippen LogP contribution is 2.34. The first-order chi connectivity index (χ1) is 18.6. The molecule has 5 rings (SSSR count). The summed E-state index contributed by atoms with van der Waals surface area (Å²) >= 11 is 0. The third-order valence-electron chi connectivity index (χ3n) is 7.40.